The largest absolute Gasteiger partial charge is 0.479 e. The summed E-state index contributed by atoms with van der Waals surface area (Å²) in [6.45, 7) is 2.14. The van der Waals surface area contributed by atoms with Gasteiger partial charge in [-0.05, 0) is 19.1 Å². The fourth-order valence-corrected chi connectivity index (χ4v) is 2.70. The van der Waals surface area contributed by atoms with Crippen LogP contribution in [0.5, 0.6) is 5.75 Å². The number of para-hydroxylation sites is 2. The third-order valence-corrected chi connectivity index (χ3v) is 3.95. The molecule has 1 aromatic carbocycles. The number of carbonyl (C=O) groups is 1. The quantitative estimate of drug-likeness (QED) is 0.935. The van der Waals surface area contributed by atoms with Crippen molar-refractivity contribution in [2.24, 2.45) is 0 Å². The van der Waals surface area contributed by atoms with Crippen molar-refractivity contribution in [2.75, 3.05) is 17.3 Å². The molecule has 0 bridgehead atoms. The lowest BCUT2D eigenvalue weighted by molar-refractivity contribution is -0.125. The van der Waals surface area contributed by atoms with E-state index < -0.39 is 6.10 Å². The first-order valence-electron chi connectivity index (χ1n) is 6.26. The van der Waals surface area contributed by atoms with E-state index in [2.05, 4.69) is 14.9 Å². The SMILES string of the molecule is CNc1snnc1CN1C(=O)C(C)Oc2ccccc21. The maximum atomic E-state index is 12.3. The van der Waals surface area contributed by atoms with E-state index >= 15 is 0 Å². The molecule has 1 aliphatic heterocycles. The van der Waals surface area contributed by atoms with Gasteiger partial charge in [-0.2, -0.15) is 0 Å². The lowest BCUT2D eigenvalue weighted by atomic mass is 10.2. The minimum absolute atomic E-state index is 0.0706. The molecule has 7 heteroatoms. The summed E-state index contributed by atoms with van der Waals surface area (Å²) in [5.41, 5.74) is 1.53. The zero-order valence-electron chi connectivity index (χ0n) is 11.2. The summed E-state index contributed by atoms with van der Waals surface area (Å²) < 4.78 is 9.53. The van der Waals surface area contributed by atoms with Gasteiger partial charge in [-0.15, -0.1) is 5.10 Å². The van der Waals surface area contributed by atoms with Crippen LogP contribution in [0.25, 0.3) is 0 Å². The molecule has 0 spiro atoms. The molecule has 2 aromatic rings. The number of amides is 1. The number of carbonyl (C=O) groups excluding carboxylic acids is 1. The normalized spacial score (nSPS) is 17.6. The highest BCUT2D eigenvalue weighted by atomic mass is 32.1. The van der Waals surface area contributed by atoms with E-state index in [0.717, 1.165) is 16.4 Å². The molecule has 0 fully saturated rings. The fourth-order valence-electron chi connectivity index (χ4n) is 2.17. The van der Waals surface area contributed by atoms with Gasteiger partial charge < -0.3 is 10.1 Å². The highest BCUT2D eigenvalue weighted by molar-refractivity contribution is 7.10. The molecule has 1 aliphatic rings. The third kappa shape index (κ3) is 2.09. The Morgan fingerprint density at radius 3 is 3.05 bits per heavy atom. The van der Waals surface area contributed by atoms with Gasteiger partial charge in [0.05, 0.1) is 12.2 Å². The molecule has 1 aromatic heterocycles. The summed E-state index contributed by atoms with van der Waals surface area (Å²) in [6.07, 6.45) is -0.491. The van der Waals surface area contributed by atoms with Crippen LogP contribution in [-0.2, 0) is 11.3 Å². The molecule has 1 unspecified atom stereocenters. The van der Waals surface area contributed by atoms with Crippen LogP contribution in [0.2, 0.25) is 0 Å². The molecule has 104 valence electrons. The molecule has 0 saturated heterocycles. The molecule has 0 radical (unpaired) electrons. The van der Waals surface area contributed by atoms with E-state index in [4.69, 9.17) is 4.74 Å². The van der Waals surface area contributed by atoms with Gasteiger partial charge in [0.1, 0.15) is 16.4 Å². The molecule has 0 aliphatic carbocycles. The van der Waals surface area contributed by atoms with Crippen LogP contribution in [-0.4, -0.2) is 28.6 Å². The zero-order chi connectivity index (χ0) is 14.1. The summed E-state index contributed by atoms with van der Waals surface area (Å²) in [5.74, 6) is 0.646. The van der Waals surface area contributed by atoms with Gasteiger partial charge in [-0.3, -0.25) is 9.69 Å². The number of hydrogen-bond acceptors (Lipinski definition) is 6. The minimum atomic E-state index is -0.491. The molecular formula is C13H14N4O2S. The second-order valence-electron chi connectivity index (χ2n) is 4.45. The number of hydrogen-bond donors (Lipinski definition) is 1. The maximum Gasteiger partial charge on any atom is 0.268 e. The predicted molar refractivity (Wildman–Crippen MR) is 77.2 cm³/mol. The Balaban J connectivity index is 1.97. The number of anilines is 2. The van der Waals surface area contributed by atoms with Gasteiger partial charge >= 0.3 is 0 Å². The van der Waals surface area contributed by atoms with E-state index in [0.29, 0.717) is 12.3 Å². The summed E-state index contributed by atoms with van der Waals surface area (Å²) in [7, 11) is 1.82. The van der Waals surface area contributed by atoms with Crippen molar-refractivity contribution in [3.8, 4) is 5.75 Å². The predicted octanol–water partition coefficient (Wildman–Crippen LogP) is 1.89. The average molecular weight is 290 g/mol. The number of aromatic nitrogens is 2. The van der Waals surface area contributed by atoms with Crippen LogP contribution < -0.4 is 15.0 Å². The Morgan fingerprint density at radius 1 is 1.45 bits per heavy atom. The van der Waals surface area contributed by atoms with Crippen molar-refractivity contribution in [2.45, 2.75) is 19.6 Å². The Kier molecular flexibility index (Phi) is 3.27. The first kappa shape index (κ1) is 12.9. The number of ether oxygens (including phenoxy) is 1. The highest BCUT2D eigenvalue weighted by Crippen LogP contribution is 2.35. The Labute approximate surface area is 120 Å². The average Bonchev–Trinajstić information content (AvgIpc) is 2.91. The van der Waals surface area contributed by atoms with Crippen molar-refractivity contribution in [3.63, 3.8) is 0 Å². The number of rotatable bonds is 3. The Bertz CT molecular complexity index is 643. The van der Waals surface area contributed by atoms with Crippen LogP contribution in [0.3, 0.4) is 0 Å². The molecule has 3 rings (SSSR count). The lowest BCUT2D eigenvalue weighted by Crippen LogP contribution is -2.44. The number of fused-ring (bicyclic) bond motifs is 1. The van der Waals surface area contributed by atoms with E-state index in [1.807, 2.05) is 31.3 Å². The number of benzene rings is 1. The summed E-state index contributed by atoms with van der Waals surface area (Å²) in [6, 6.07) is 7.52. The molecular weight excluding hydrogens is 276 g/mol. The van der Waals surface area contributed by atoms with Crippen LogP contribution in [0.15, 0.2) is 24.3 Å². The van der Waals surface area contributed by atoms with Gasteiger partial charge in [0, 0.05) is 18.6 Å². The second kappa shape index (κ2) is 5.09. The first-order chi connectivity index (χ1) is 9.70. The number of nitrogens with zero attached hydrogens (tertiary/aromatic N) is 3. The fraction of sp³-hybridized carbons (Fsp3) is 0.308. The van der Waals surface area contributed by atoms with Gasteiger partial charge in [-0.25, -0.2) is 0 Å². The molecule has 2 heterocycles. The van der Waals surface area contributed by atoms with Crippen molar-refractivity contribution < 1.29 is 9.53 Å². The second-order valence-corrected chi connectivity index (χ2v) is 5.21. The zero-order valence-corrected chi connectivity index (χ0v) is 12.0. The Morgan fingerprint density at radius 2 is 2.25 bits per heavy atom. The van der Waals surface area contributed by atoms with Gasteiger partial charge in [-0.1, -0.05) is 16.6 Å². The summed E-state index contributed by atoms with van der Waals surface area (Å²) >= 11 is 1.28. The highest BCUT2D eigenvalue weighted by Gasteiger charge is 2.32. The summed E-state index contributed by atoms with van der Waals surface area (Å²) in [4.78, 5) is 14.0. The van der Waals surface area contributed by atoms with Crippen molar-refractivity contribution in [1.29, 1.82) is 0 Å². The van der Waals surface area contributed by atoms with E-state index in [9.17, 15) is 4.79 Å². The number of nitrogens with one attached hydrogen (secondary N) is 1. The molecule has 20 heavy (non-hydrogen) atoms. The van der Waals surface area contributed by atoms with Crippen molar-refractivity contribution >= 4 is 28.1 Å². The van der Waals surface area contributed by atoms with Crippen molar-refractivity contribution in [1.82, 2.24) is 9.59 Å². The Hall–Kier alpha value is -2.15. The first-order valence-corrected chi connectivity index (χ1v) is 7.04. The molecule has 6 nitrogen and oxygen atoms in total. The molecule has 1 atom stereocenters. The topological polar surface area (TPSA) is 67.4 Å². The van der Waals surface area contributed by atoms with Crippen LogP contribution >= 0.6 is 11.5 Å². The maximum absolute atomic E-state index is 12.3. The molecule has 1 amide bonds. The lowest BCUT2D eigenvalue weighted by Gasteiger charge is -2.32. The monoisotopic (exact) mass is 290 g/mol. The van der Waals surface area contributed by atoms with Crippen LogP contribution in [0, 0.1) is 0 Å². The summed E-state index contributed by atoms with van der Waals surface area (Å²) in [5, 5.41) is 7.99. The van der Waals surface area contributed by atoms with E-state index in [1.165, 1.54) is 11.5 Å². The molecule has 1 N–H and O–H groups in total. The minimum Gasteiger partial charge on any atom is -0.479 e. The van der Waals surface area contributed by atoms with Crippen molar-refractivity contribution in [3.05, 3.63) is 30.0 Å². The third-order valence-electron chi connectivity index (χ3n) is 3.16. The van der Waals surface area contributed by atoms with Crippen LogP contribution in [0.1, 0.15) is 12.6 Å². The standard InChI is InChI=1S/C13H14N4O2S/c1-8-13(18)17(7-9-12(14-2)20-16-15-9)10-5-3-4-6-11(10)19-8/h3-6,8,14H,7H2,1-2H3. The van der Waals surface area contributed by atoms with Gasteiger partial charge in [0.2, 0.25) is 0 Å². The molecule has 0 saturated carbocycles. The van der Waals surface area contributed by atoms with Gasteiger partial charge in [0.25, 0.3) is 5.91 Å². The van der Waals surface area contributed by atoms with E-state index in [-0.39, 0.29) is 5.91 Å². The van der Waals surface area contributed by atoms with Crippen LogP contribution in [0.4, 0.5) is 10.7 Å². The van der Waals surface area contributed by atoms with Gasteiger partial charge in [0.15, 0.2) is 6.10 Å². The van der Waals surface area contributed by atoms with E-state index in [1.54, 1.807) is 11.8 Å². The smallest absolute Gasteiger partial charge is 0.268 e.